The Morgan fingerprint density at radius 3 is 2.52 bits per heavy atom. The van der Waals surface area contributed by atoms with E-state index in [0.29, 0.717) is 18.0 Å². The average molecular weight is 281 g/mol. The van der Waals surface area contributed by atoms with Crippen LogP contribution in [0.25, 0.3) is 0 Å². The molecule has 0 spiro atoms. The number of nitrogens with one attached hydrogen (secondary N) is 1. The Kier molecular flexibility index (Phi) is 4.26. The van der Waals surface area contributed by atoms with Gasteiger partial charge in [0.1, 0.15) is 5.75 Å². The number of methoxy groups -OCH3 is 1. The Hall–Kier alpha value is -1.80. The van der Waals surface area contributed by atoms with Crippen molar-refractivity contribution in [2.75, 3.05) is 7.11 Å². The predicted octanol–water partition coefficient (Wildman–Crippen LogP) is 4.29. The molecule has 110 valence electrons. The average Bonchev–Trinajstić information content (AvgIpc) is 2.51. The second kappa shape index (κ2) is 6.31. The maximum Gasteiger partial charge on any atom is 0.119 e. The fourth-order valence-corrected chi connectivity index (χ4v) is 3.11. The normalized spacial score (nSPS) is 22.4. The zero-order valence-corrected chi connectivity index (χ0v) is 12.8. The van der Waals surface area contributed by atoms with Crippen molar-refractivity contribution in [2.24, 2.45) is 0 Å². The van der Waals surface area contributed by atoms with Crippen LogP contribution >= 0.6 is 0 Å². The van der Waals surface area contributed by atoms with Crippen LogP contribution in [0.2, 0.25) is 0 Å². The van der Waals surface area contributed by atoms with Gasteiger partial charge in [-0.3, -0.25) is 0 Å². The minimum atomic E-state index is 0.419. The summed E-state index contributed by atoms with van der Waals surface area (Å²) in [4.78, 5) is 0. The monoisotopic (exact) mass is 281 g/mol. The Labute approximate surface area is 127 Å². The molecule has 0 saturated heterocycles. The van der Waals surface area contributed by atoms with E-state index in [2.05, 4.69) is 60.8 Å². The van der Waals surface area contributed by atoms with Crippen LogP contribution in [0.15, 0.2) is 54.6 Å². The van der Waals surface area contributed by atoms with E-state index in [1.165, 1.54) is 24.0 Å². The molecule has 2 heteroatoms. The van der Waals surface area contributed by atoms with Crippen molar-refractivity contribution in [3.8, 4) is 5.75 Å². The van der Waals surface area contributed by atoms with E-state index >= 15 is 0 Å². The molecule has 1 N–H and O–H groups in total. The second-order valence-electron chi connectivity index (χ2n) is 5.94. The van der Waals surface area contributed by atoms with Crippen LogP contribution in [0.3, 0.4) is 0 Å². The molecule has 0 aromatic heterocycles. The van der Waals surface area contributed by atoms with Crippen LogP contribution in [-0.2, 0) is 0 Å². The molecule has 0 heterocycles. The first-order chi connectivity index (χ1) is 10.3. The molecule has 1 saturated carbocycles. The highest BCUT2D eigenvalue weighted by molar-refractivity contribution is 5.32. The fraction of sp³-hybridized carbons (Fsp3) is 0.368. The van der Waals surface area contributed by atoms with E-state index in [0.717, 1.165) is 5.75 Å². The highest BCUT2D eigenvalue weighted by Crippen LogP contribution is 2.38. The maximum absolute atomic E-state index is 5.31. The summed E-state index contributed by atoms with van der Waals surface area (Å²) in [6.07, 6.45) is 2.43. The number of hydrogen-bond acceptors (Lipinski definition) is 2. The zero-order valence-electron chi connectivity index (χ0n) is 12.8. The van der Waals surface area contributed by atoms with E-state index < -0.39 is 0 Å². The van der Waals surface area contributed by atoms with Crippen LogP contribution in [0.4, 0.5) is 0 Å². The van der Waals surface area contributed by atoms with Crippen LogP contribution in [0, 0.1) is 0 Å². The number of benzene rings is 2. The summed E-state index contributed by atoms with van der Waals surface area (Å²) < 4.78 is 5.31. The maximum atomic E-state index is 5.31. The lowest BCUT2D eigenvalue weighted by molar-refractivity contribution is 0.270. The summed E-state index contributed by atoms with van der Waals surface area (Å²) in [5.41, 5.74) is 2.77. The highest BCUT2D eigenvalue weighted by Gasteiger charge is 2.31. The molecule has 2 aromatic rings. The molecule has 0 radical (unpaired) electrons. The molecular weight excluding hydrogens is 258 g/mol. The van der Waals surface area contributed by atoms with Crippen molar-refractivity contribution in [3.63, 3.8) is 0 Å². The smallest absolute Gasteiger partial charge is 0.119 e. The third kappa shape index (κ3) is 3.27. The zero-order chi connectivity index (χ0) is 14.7. The van der Waals surface area contributed by atoms with Crippen LogP contribution < -0.4 is 10.1 Å². The van der Waals surface area contributed by atoms with Crippen LogP contribution in [-0.4, -0.2) is 13.2 Å². The minimum Gasteiger partial charge on any atom is -0.497 e. The summed E-state index contributed by atoms with van der Waals surface area (Å²) in [6.45, 7) is 2.24. The highest BCUT2D eigenvalue weighted by atomic mass is 16.5. The summed E-state index contributed by atoms with van der Waals surface area (Å²) in [5.74, 6) is 1.63. The molecule has 1 fully saturated rings. The number of ether oxygens (including phenoxy) is 1. The molecule has 0 bridgehead atoms. The van der Waals surface area contributed by atoms with Gasteiger partial charge in [-0.2, -0.15) is 0 Å². The van der Waals surface area contributed by atoms with Crippen molar-refractivity contribution in [1.82, 2.24) is 5.32 Å². The molecule has 0 amide bonds. The molecule has 0 aliphatic heterocycles. The summed E-state index contributed by atoms with van der Waals surface area (Å²) in [6, 6.07) is 20.2. The summed E-state index contributed by atoms with van der Waals surface area (Å²) >= 11 is 0. The largest absolute Gasteiger partial charge is 0.497 e. The van der Waals surface area contributed by atoms with Crippen LogP contribution in [0.5, 0.6) is 5.75 Å². The topological polar surface area (TPSA) is 21.3 Å². The van der Waals surface area contributed by atoms with Crippen molar-refractivity contribution in [1.29, 1.82) is 0 Å². The Bertz CT molecular complexity index is 575. The van der Waals surface area contributed by atoms with E-state index in [-0.39, 0.29) is 0 Å². The molecule has 2 nitrogen and oxygen atoms in total. The Morgan fingerprint density at radius 1 is 1.05 bits per heavy atom. The first-order valence-corrected chi connectivity index (χ1v) is 7.71. The number of rotatable bonds is 5. The van der Waals surface area contributed by atoms with E-state index in [1.807, 2.05) is 6.07 Å². The van der Waals surface area contributed by atoms with Gasteiger partial charge in [0.05, 0.1) is 7.11 Å². The van der Waals surface area contributed by atoms with Gasteiger partial charge in [-0.05, 0) is 48.9 Å². The lowest BCUT2D eigenvalue weighted by Crippen LogP contribution is -2.41. The fourth-order valence-electron chi connectivity index (χ4n) is 3.11. The molecule has 0 unspecified atom stereocenters. The number of hydrogen-bond donors (Lipinski definition) is 1. The molecule has 21 heavy (non-hydrogen) atoms. The van der Waals surface area contributed by atoms with Gasteiger partial charge >= 0.3 is 0 Å². The quantitative estimate of drug-likeness (QED) is 0.882. The Balaban J connectivity index is 1.54. The molecule has 3 rings (SSSR count). The van der Waals surface area contributed by atoms with E-state index in [1.54, 1.807) is 7.11 Å². The van der Waals surface area contributed by atoms with Crippen LogP contribution in [0.1, 0.15) is 42.9 Å². The minimum absolute atomic E-state index is 0.419. The van der Waals surface area contributed by atoms with Crippen molar-refractivity contribution in [3.05, 3.63) is 65.7 Å². The lowest BCUT2D eigenvalue weighted by atomic mass is 9.75. The van der Waals surface area contributed by atoms with Crippen molar-refractivity contribution in [2.45, 2.75) is 37.8 Å². The van der Waals surface area contributed by atoms with Gasteiger partial charge in [0, 0.05) is 12.1 Å². The third-order valence-corrected chi connectivity index (χ3v) is 4.49. The van der Waals surface area contributed by atoms with E-state index in [9.17, 15) is 0 Å². The first-order valence-electron chi connectivity index (χ1n) is 7.71. The van der Waals surface area contributed by atoms with Crippen molar-refractivity contribution < 1.29 is 4.74 Å². The molecule has 2 aromatic carbocycles. The van der Waals surface area contributed by atoms with Crippen molar-refractivity contribution >= 4 is 0 Å². The summed E-state index contributed by atoms with van der Waals surface area (Å²) in [7, 11) is 1.73. The molecule has 1 aliphatic carbocycles. The second-order valence-corrected chi connectivity index (χ2v) is 5.94. The van der Waals surface area contributed by atoms with Gasteiger partial charge in [0.15, 0.2) is 0 Å². The SMILES string of the molecule is COc1cccc(C2CC(N[C@@H](C)c3ccccc3)C2)c1. The summed E-state index contributed by atoms with van der Waals surface area (Å²) in [5, 5.41) is 3.73. The molecular formula is C19H23NO. The third-order valence-electron chi connectivity index (χ3n) is 4.49. The Morgan fingerprint density at radius 2 is 1.81 bits per heavy atom. The molecule has 1 atom stereocenters. The van der Waals surface area contributed by atoms with Gasteiger partial charge in [-0.1, -0.05) is 42.5 Å². The lowest BCUT2D eigenvalue weighted by Gasteiger charge is -2.38. The van der Waals surface area contributed by atoms with E-state index in [4.69, 9.17) is 4.74 Å². The van der Waals surface area contributed by atoms with Gasteiger partial charge in [-0.25, -0.2) is 0 Å². The van der Waals surface area contributed by atoms with Gasteiger partial charge in [0.25, 0.3) is 0 Å². The van der Waals surface area contributed by atoms with Gasteiger partial charge in [0.2, 0.25) is 0 Å². The predicted molar refractivity (Wildman–Crippen MR) is 86.7 cm³/mol. The van der Waals surface area contributed by atoms with Gasteiger partial charge < -0.3 is 10.1 Å². The first kappa shape index (κ1) is 14.2. The molecule has 1 aliphatic rings. The standard InChI is InChI=1S/C19H23NO/c1-14(15-7-4-3-5-8-15)20-18-11-17(12-18)16-9-6-10-19(13-16)21-2/h3-10,13-14,17-18,20H,11-12H2,1-2H3/t14-,17?,18?/m0/s1. The van der Waals surface area contributed by atoms with Gasteiger partial charge in [-0.15, -0.1) is 0 Å².